The number of aromatic nitrogens is 2. The van der Waals surface area contributed by atoms with Gasteiger partial charge in [0.2, 0.25) is 0 Å². The zero-order valence-corrected chi connectivity index (χ0v) is 10.5. The van der Waals surface area contributed by atoms with Crippen LogP contribution in [0.4, 0.5) is 0 Å². The highest BCUT2D eigenvalue weighted by molar-refractivity contribution is 6.99. The van der Waals surface area contributed by atoms with Gasteiger partial charge in [0.15, 0.2) is 0 Å². The molecular formula is C11H19N3OS. The Hall–Kier alpha value is -0.520. The summed E-state index contributed by atoms with van der Waals surface area (Å²) in [7, 11) is 1.98. The van der Waals surface area contributed by atoms with E-state index in [1.807, 2.05) is 13.2 Å². The smallest absolute Gasteiger partial charge is 0.0912 e. The molecule has 1 aliphatic rings. The summed E-state index contributed by atoms with van der Waals surface area (Å²) in [6, 6.07) is 0.347. The molecule has 2 rings (SSSR count). The second kappa shape index (κ2) is 6.27. The lowest BCUT2D eigenvalue weighted by molar-refractivity contribution is 0.101. The van der Waals surface area contributed by atoms with Crippen molar-refractivity contribution in [1.29, 1.82) is 0 Å². The molecule has 0 bridgehead atoms. The number of nitrogens with zero attached hydrogens (tertiary/aromatic N) is 2. The highest BCUT2D eigenvalue weighted by Gasteiger charge is 2.17. The van der Waals surface area contributed by atoms with Gasteiger partial charge in [0.05, 0.1) is 35.8 Å². The Morgan fingerprint density at radius 3 is 3.25 bits per heavy atom. The van der Waals surface area contributed by atoms with Gasteiger partial charge in [-0.2, -0.15) is 8.75 Å². The topological polar surface area (TPSA) is 47.0 Å². The molecule has 0 radical (unpaired) electrons. The molecule has 2 atom stereocenters. The zero-order chi connectivity index (χ0) is 11.2. The second-order valence-electron chi connectivity index (χ2n) is 4.24. The third kappa shape index (κ3) is 3.23. The van der Waals surface area contributed by atoms with Crippen molar-refractivity contribution < 1.29 is 4.74 Å². The molecule has 90 valence electrons. The molecule has 5 heteroatoms. The SMILES string of the molecule is CNC(CCCC1CCCO1)c1cnsn1. The minimum atomic E-state index is 0.347. The van der Waals surface area contributed by atoms with Crippen molar-refractivity contribution in [3.05, 3.63) is 11.9 Å². The van der Waals surface area contributed by atoms with E-state index in [1.165, 1.54) is 37.4 Å². The van der Waals surface area contributed by atoms with Crippen LogP contribution in [0.2, 0.25) is 0 Å². The summed E-state index contributed by atoms with van der Waals surface area (Å²) >= 11 is 1.28. The van der Waals surface area contributed by atoms with Crippen LogP contribution >= 0.6 is 11.7 Å². The van der Waals surface area contributed by atoms with Gasteiger partial charge in [0.25, 0.3) is 0 Å². The summed E-state index contributed by atoms with van der Waals surface area (Å²) in [5.74, 6) is 0. The Kier molecular flexibility index (Phi) is 4.69. The molecule has 1 aliphatic heterocycles. The van der Waals surface area contributed by atoms with Crippen molar-refractivity contribution in [1.82, 2.24) is 14.1 Å². The average Bonchev–Trinajstić information content (AvgIpc) is 2.96. The van der Waals surface area contributed by atoms with Gasteiger partial charge in [-0.3, -0.25) is 0 Å². The first kappa shape index (κ1) is 12.0. The van der Waals surface area contributed by atoms with E-state index in [4.69, 9.17) is 4.74 Å². The van der Waals surface area contributed by atoms with Gasteiger partial charge in [0, 0.05) is 6.61 Å². The maximum absolute atomic E-state index is 5.61. The van der Waals surface area contributed by atoms with Crippen molar-refractivity contribution in [3.8, 4) is 0 Å². The summed E-state index contributed by atoms with van der Waals surface area (Å²) < 4.78 is 13.9. The number of hydrogen-bond acceptors (Lipinski definition) is 5. The van der Waals surface area contributed by atoms with Crippen LogP contribution in [0.3, 0.4) is 0 Å². The zero-order valence-electron chi connectivity index (χ0n) is 9.69. The Morgan fingerprint density at radius 1 is 1.69 bits per heavy atom. The minimum absolute atomic E-state index is 0.347. The number of nitrogens with one attached hydrogen (secondary N) is 1. The van der Waals surface area contributed by atoms with Gasteiger partial charge in [0.1, 0.15) is 0 Å². The van der Waals surface area contributed by atoms with Crippen LogP contribution in [0.5, 0.6) is 0 Å². The van der Waals surface area contributed by atoms with Crippen LogP contribution in [0.15, 0.2) is 6.20 Å². The Bertz CT molecular complexity index is 285. The van der Waals surface area contributed by atoms with Gasteiger partial charge in [-0.25, -0.2) is 0 Å². The number of rotatable bonds is 6. The molecule has 0 spiro atoms. The molecule has 1 N–H and O–H groups in total. The first-order chi connectivity index (χ1) is 7.90. The van der Waals surface area contributed by atoms with Gasteiger partial charge in [-0.05, 0) is 39.2 Å². The van der Waals surface area contributed by atoms with Crippen LogP contribution < -0.4 is 5.32 Å². The van der Waals surface area contributed by atoms with Crippen LogP contribution in [0.25, 0.3) is 0 Å². The van der Waals surface area contributed by atoms with E-state index in [-0.39, 0.29) is 0 Å². The highest BCUT2D eigenvalue weighted by atomic mass is 32.1. The second-order valence-corrected chi connectivity index (χ2v) is 4.80. The van der Waals surface area contributed by atoms with Gasteiger partial charge < -0.3 is 10.1 Å². The van der Waals surface area contributed by atoms with E-state index in [1.54, 1.807) is 0 Å². The van der Waals surface area contributed by atoms with Crippen LogP contribution in [-0.2, 0) is 4.74 Å². The average molecular weight is 241 g/mol. The van der Waals surface area contributed by atoms with Crippen LogP contribution in [0, 0.1) is 0 Å². The lowest BCUT2D eigenvalue weighted by Gasteiger charge is -2.14. The normalized spacial score (nSPS) is 22.4. The van der Waals surface area contributed by atoms with Crippen LogP contribution in [-0.4, -0.2) is 28.5 Å². The molecule has 2 unspecified atom stereocenters. The Balaban J connectivity index is 1.71. The molecule has 1 aromatic heterocycles. The quantitative estimate of drug-likeness (QED) is 0.829. The van der Waals surface area contributed by atoms with E-state index in [0.29, 0.717) is 12.1 Å². The molecule has 0 amide bonds. The van der Waals surface area contributed by atoms with E-state index < -0.39 is 0 Å². The maximum Gasteiger partial charge on any atom is 0.0912 e. The molecule has 1 saturated heterocycles. The fourth-order valence-electron chi connectivity index (χ4n) is 2.19. The highest BCUT2D eigenvalue weighted by Crippen LogP contribution is 2.22. The molecule has 0 aliphatic carbocycles. The predicted molar refractivity (Wildman–Crippen MR) is 64.5 cm³/mol. The van der Waals surface area contributed by atoms with Crippen molar-refractivity contribution in [2.75, 3.05) is 13.7 Å². The van der Waals surface area contributed by atoms with E-state index >= 15 is 0 Å². The third-order valence-electron chi connectivity index (χ3n) is 3.13. The monoisotopic (exact) mass is 241 g/mol. The van der Waals surface area contributed by atoms with E-state index in [9.17, 15) is 0 Å². The van der Waals surface area contributed by atoms with Crippen molar-refractivity contribution >= 4 is 11.7 Å². The first-order valence-electron chi connectivity index (χ1n) is 5.96. The molecule has 1 aromatic rings. The molecule has 2 heterocycles. The Morgan fingerprint density at radius 2 is 2.62 bits per heavy atom. The summed E-state index contributed by atoms with van der Waals surface area (Å²) in [5.41, 5.74) is 1.07. The van der Waals surface area contributed by atoms with Gasteiger partial charge in [-0.15, -0.1) is 0 Å². The standard InChI is InChI=1S/C11H19N3OS/c1-12-10(11-8-13-16-14-11)6-2-4-9-5-3-7-15-9/h8-10,12H,2-7H2,1H3. The predicted octanol–water partition coefficient (Wildman–Crippen LogP) is 2.15. The lowest BCUT2D eigenvalue weighted by Crippen LogP contribution is -2.17. The van der Waals surface area contributed by atoms with E-state index in [2.05, 4.69) is 14.1 Å². The van der Waals surface area contributed by atoms with E-state index in [0.717, 1.165) is 18.7 Å². The summed E-state index contributed by atoms with van der Waals surface area (Å²) in [6.07, 6.45) is 8.31. The van der Waals surface area contributed by atoms with Gasteiger partial charge >= 0.3 is 0 Å². The number of hydrogen-bond donors (Lipinski definition) is 1. The summed E-state index contributed by atoms with van der Waals surface area (Å²) in [4.78, 5) is 0. The molecule has 16 heavy (non-hydrogen) atoms. The summed E-state index contributed by atoms with van der Waals surface area (Å²) in [5, 5.41) is 3.29. The minimum Gasteiger partial charge on any atom is -0.378 e. The van der Waals surface area contributed by atoms with Crippen LogP contribution in [0.1, 0.15) is 43.8 Å². The molecule has 0 saturated carbocycles. The van der Waals surface area contributed by atoms with Gasteiger partial charge in [-0.1, -0.05) is 0 Å². The third-order valence-corrected chi connectivity index (χ3v) is 3.62. The molecule has 1 fully saturated rings. The Labute approximate surface area is 101 Å². The fraction of sp³-hybridized carbons (Fsp3) is 0.818. The lowest BCUT2D eigenvalue weighted by atomic mass is 10.0. The van der Waals surface area contributed by atoms with Crippen molar-refractivity contribution in [2.45, 2.75) is 44.2 Å². The first-order valence-corrected chi connectivity index (χ1v) is 6.69. The molecule has 4 nitrogen and oxygen atoms in total. The van der Waals surface area contributed by atoms with Crippen molar-refractivity contribution in [3.63, 3.8) is 0 Å². The van der Waals surface area contributed by atoms with Crippen molar-refractivity contribution in [2.24, 2.45) is 0 Å². The maximum atomic E-state index is 5.61. The summed E-state index contributed by atoms with van der Waals surface area (Å²) in [6.45, 7) is 0.954. The largest absolute Gasteiger partial charge is 0.378 e. The fourth-order valence-corrected chi connectivity index (χ4v) is 2.66. The molecule has 0 aromatic carbocycles. The number of ether oxygens (including phenoxy) is 1. The molecular weight excluding hydrogens is 222 g/mol.